The van der Waals surface area contributed by atoms with E-state index in [0.717, 1.165) is 0 Å². The van der Waals surface area contributed by atoms with Crippen LogP contribution < -0.4 is 20.9 Å². The van der Waals surface area contributed by atoms with Gasteiger partial charge < -0.3 is 15.2 Å². The van der Waals surface area contributed by atoms with Crippen LogP contribution in [-0.4, -0.2) is 38.1 Å². The summed E-state index contributed by atoms with van der Waals surface area (Å²) < 4.78 is 12.9. The van der Waals surface area contributed by atoms with E-state index in [9.17, 15) is 9.59 Å². The Kier molecular flexibility index (Phi) is 3.41. The van der Waals surface area contributed by atoms with Crippen LogP contribution >= 0.6 is 0 Å². The summed E-state index contributed by atoms with van der Waals surface area (Å²) in [5.41, 5.74) is 6.00. The Morgan fingerprint density at radius 3 is 3.04 bits per heavy atom. The summed E-state index contributed by atoms with van der Waals surface area (Å²) in [5.74, 6) is 0.232. The summed E-state index contributed by atoms with van der Waals surface area (Å²) in [6.07, 6.45) is 1.86. The Labute approximate surface area is 141 Å². The van der Waals surface area contributed by atoms with Gasteiger partial charge in [0.1, 0.15) is 28.8 Å². The molecule has 0 spiro atoms. The lowest BCUT2D eigenvalue weighted by Crippen LogP contribution is -2.21. The van der Waals surface area contributed by atoms with Gasteiger partial charge in [0.15, 0.2) is 5.65 Å². The number of amides is 1. The number of carbonyl (C=O) groups excluding carboxylic acids is 1. The molecule has 3 aromatic rings. The van der Waals surface area contributed by atoms with Crippen molar-refractivity contribution in [3.63, 3.8) is 0 Å². The Balaban J connectivity index is 2.04. The molecule has 0 fully saturated rings. The van der Waals surface area contributed by atoms with Gasteiger partial charge in [-0.3, -0.25) is 9.78 Å². The Morgan fingerprint density at radius 1 is 1.40 bits per heavy atom. The van der Waals surface area contributed by atoms with Gasteiger partial charge in [-0.05, 0) is 19.1 Å². The number of rotatable bonds is 1. The molecule has 4 rings (SSSR count). The quantitative estimate of drug-likeness (QED) is 0.673. The molecular formula is C16H15N5O4. The maximum absolute atomic E-state index is 12.4. The zero-order valence-electron chi connectivity index (χ0n) is 13.4. The summed E-state index contributed by atoms with van der Waals surface area (Å²) >= 11 is 0. The number of nitrogens with two attached hydrogens (primary N) is 1. The molecule has 3 aromatic heterocycles. The summed E-state index contributed by atoms with van der Waals surface area (Å²) in [7, 11) is 0. The highest BCUT2D eigenvalue weighted by Gasteiger charge is 2.21. The molecule has 0 saturated carbocycles. The topological polar surface area (TPSA) is 125 Å². The van der Waals surface area contributed by atoms with Crippen LogP contribution in [0.2, 0.25) is 0 Å². The molecule has 9 nitrogen and oxygen atoms in total. The van der Waals surface area contributed by atoms with Crippen molar-refractivity contribution in [2.24, 2.45) is 5.73 Å². The molecule has 1 atom stereocenters. The van der Waals surface area contributed by atoms with Gasteiger partial charge in [0.05, 0.1) is 6.61 Å². The third kappa shape index (κ3) is 2.49. The number of pyridine rings is 2. The van der Waals surface area contributed by atoms with Gasteiger partial charge in [-0.1, -0.05) is 0 Å². The third-order valence-electron chi connectivity index (χ3n) is 3.97. The summed E-state index contributed by atoms with van der Waals surface area (Å²) in [4.78, 5) is 35.3. The maximum Gasteiger partial charge on any atom is 0.333 e. The number of nitrogens with one attached hydrogen (secondary N) is 1. The maximum atomic E-state index is 12.4. The SMILES string of the molecule is C[C@H]1CCOc2ccnc3[nH]c(=O)n(c23)-c2ccc(C(N)=O)c(n2)O1. The van der Waals surface area contributed by atoms with E-state index in [-0.39, 0.29) is 23.4 Å². The van der Waals surface area contributed by atoms with E-state index in [1.165, 1.54) is 16.7 Å². The number of primary amides is 1. The van der Waals surface area contributed by atoms with E-state index < -0.39 is 11.6 Å². The number of aromatic amines is 1. The van der Waals surface area contributed by atoms with Crippen molar-refractivity contribution in [1.29, 1.82) is 0 Å². The molecule has 1 aliphatic heterocycles. The molecule has 0 aromatic carbocycles. The number of aromatic nitrogens is 4. The smallest absolute Gasteiger partial charge is 0.333 e. The molecule has 0 radical (unpaired) electrons. The number of fused-ring (bicyclic) bond motifs is 3. The van der Waals surface area contributed by atoms with Gasteiger partial charge in [-0.2, -0.15) is 4.98 Å². The first-order valence-electron chi connectivity index (χ1n) is 7.75. The minimum Gasteiger partial charge on any atom is -0.491 e. The van der Waals surface area contributed by atoms with Crippen LogP contribution in [0.3, 0.4) is 0 Å². The first-order chi connectivity index (χ1) is 12.0. The number of carbonyl (C=O) groups is 1. The van der Waals surface area contributed by atoms with E-state index >= 15 is 0 Å². The predicted molar refractivity (Wildman–Crippen MR) is 88.2 cm³/mol. The van der Waals surface area contributed by atoms with E-state index in [0.29, 0.717) is 29.9 Å². The summed E-state index contributed by atoms with van der Waals surface area (Å²) in [5, 5.41) is 0. The van der Waals surface area contributed by atoms with E-state index in [4.69, 9.17) is 15.2 Å². The lowest BCUT2D eigenvalue weighted by molar-refractivity contribution is 0.0990. The van der Waals surface area contributed by atoms with Gasteiger partial charge in [-0.25, -0.2) is 14.3 Å². The minimum atomic E-state index is -0.652. The Bertz CT molecular complexity index is 1040. The van der Waals surface area contributed by atoms with Crippen LogP contribution in [0.15, 0.2) is 29.2 Å². The first kappa shape index (κ1) is 15.2. The van der Waals surface area contributed by atoms with Crippen LogP contribution in [0.25, 0.3) is 17.0 Å². The molecule has 0 saturated heterocycles. The fourth-order valence-corrected chi connectivity index (χ4v) is 2.75. The number of H-pyrrole nitrogens is 1. The number of imidazole rings is 1. The van der Waals surface area contributed by atoms with E-state index in [2.05, 4.69) is 15.0 Å². The van der Waals surface area contributed by atoms with Crippen LogP contribution in [0.4, 0.5) is 0 Å². The zero-order chi connectivity index (χ0) is 17.6. The lowest BCUT2D eigenvalue weighted by Gasteiger charge is -2.15. The first-order valence-corrected chi connectivity index (χ1v) is 7.75. The largest absolute Gasteiger partial charge is 0.491 e. The molecule has 1 amide bonds. The lowest BCUT2D eigenvalue weighted by atomic mass is 10.2. The predicted octanol–water partition coefficient (Wildman–Crippen LogP) is 0.758. The van der Waals surface area contributed by atoms with Gasteiger partial charge >= 0.3 is 5.69 Å². The van der Waals surface area contributed by atoms with Gasteiger partial charge in [-0.15, -0.1) is 0 Å². The van der Waals surface area contributed by atoms with Crippen LogP contribution in [0.1, 0.15) is 23.7 Å². The Hall–Kier alpha value is -3.36. The number of nitrogens with zero attached hydrogens (tertiary/aromatic N) is 3. The molecule has 0 unspecified atom stereocenters. The third-order valence-corrected chi connectivity index (χ3v) is 3.97. The molecule has 25 heavy (non-hydrogen) atoms. The van der Waals surface area contributed by atoms with Crippen LogP contribution in [0, 0.1) is 0 Å². The second-order valence-electron chi connectivity index (χ2n) is 5.72. The van der Waals surface area contributed by atoms with Crippen molar-refractivity contribution < 1.29 is 14.3 Å². The molecule has 3 N–H and O–H groups in total. The fourth-order valence-electron chi connectivity index (χ4n) is 2.75. The van der Waals surface area contributed by atoms with Crippen molar-refractivity contribution in [3.8, 4) is 17.4 Å². The highest BCUT2D eigenvalue weighted by molar-refractivity contribution is 5.95. The average Bonchev–Trinajstić information content (AvgIpc) is 2.90. The number of ether oxygens (including phenoxy) is 2. The second-order valence-corrected chi connectivity index (χ2v) is 5.72. The highest BCUT2D eigenvalue weighted by atomic mass is 16.5. The van der Waals surface area contributed by atoms with Crippen molar-refractivity contribution in [1.82, 2.24) is 19.5 Å². The van der Waals surface area contributed by atoms with Gasteiger partial charge in [0.2, 0.25) is 5.88 Å². The summed E-state index contributed by atoms with van der Waals surface area (Å²) in [6, 6.07) is 4.71. The highest BCUT2D eigenvalue weighted by Crippen LogP contribution is 2.27. The monoisotopic (exact) mass is 341 g/mol. The molecule has 128 valence electrons. The van der Waals surface area contributed by atoms with E-state index in [1.807, 2.05) is 6.92 Å². The molecule has 1 aliphatic rings. The molecular weight excluding hydrogens is 326 g/mol. The Morgan fingerprint density at radius 2 is 2.24 bits per heavy atom. The van der Waals surface area contributed by atoms with Gasteiger partial charge in [0, 0.05) is 18.7 Å². The zero-order valence-corrected chi connectivity index (χ0v) is 13.4. The number of hydrogen-bond donors (Lipinski definition) is 2. The standard InChI is InChI=1S/C16H15N5O4/c1-8-5-7-24-10-4-6-18-14-12(10)21(16(23)20-14)11-3-2-9(13(17)22)15(19-11)25-8/h2-4,6,8H,5,7H2,1H3,(H2,17,22)(H,18,20,23)/t8-/m0/s1. The van der Waals surface area contributed by atoms with Crippen LogP contribution in [0.5, 0.6) is 11.6 Å². The van der Waals surface area contributed by atoms with Crippen molar-refractivity contribution in [2.45, 2.75) is 19.4 Å². The second kappa shape index (κ2) is 5.62. The van der Waals surface area contributed by atoms with E-state index in [1.54, 1.807) is 12.3 Å². The average molecular weight is 341 g/mol. The summed E-state index contributed by atoms with van der Waals surface area (Å²) in [6.45, 7) is 2.21. The fraction of sp³-hybridized carbons (Fsp3) is 0.250. The number of hydrogen-bond acceptors (Lipinski definition) is 6. The normalized spacial score (nSPS) is 16.6. The molecule has 0 aliphatic carbocycles. The van der Waals surface area contributed by atoms with Crippen molar-refractivity contribution in [2.75, 3.05) is 6.61 Å². The molecule has 4 heterocycles. The minimum absolute atomic E-state index is 0.0890. The van der Waals surface area contributed by atoms with Crippen molar-refractivity contribution in [3.05, 3.63) is 40.4 Å². The van der Waals surface area contributed by atoms with Crippen LogP contribution in [-0.2, 0) is 0 Å². The molecule has 9 heteroatoms. The van der Waals surface area contributed by atoms with Crippen molar-refractivity contribution >= 4 is 17.1 Å². The molecule has 2 bridgehead atoms. The van der Waals surface area contributed by atoms with Gasteiger partial charge in [0.25, 0.3) is 5.91 Å².